The van der Waals surface area contributed by atoms with Crippen LogP contribution in [0.3, 0.4) is 0 Å². The van der Waals surface area contributed by atoms with Crippen molar-refractivity contribution < 1.29 is 4.74 Å². The molecule has 0 atom stereocenters. The van der Waals surface area contributed by atoms with Crippen molar-refractivity contribution in [1.29, 1.82) is 0 Å². The van der Waals surface area contributed by atoms with Crippen LogP contribution in [0.4, 0.5) is 5.69 Å². The number of benzene rings is 1. The first-order valence-electron chi connectivity index (χ1n) is 5.10. The summed E-state index contributed by atoms with van der Waals surface area (Å²) in [5.74, 6) is 0. The van der Waals surface area contributed by atoms with Gasteiger partial charge in [0.1, 0.15) is 0 Å². The van der Waals surface area contributed by atoms with E-state index in [0.29, 0.717) is 11.8 Å². The highest BCUT2D eigenvalue weighted by Crippen LogP contribution is 2.28. The zero-order valence-corrected chi connectivity index (χ0v) is 10.8. The average molecular weight is 262 g/mol. The predicted molar refractivity (Wildman–Crippen MR) is 73.4 cm³/mol. The van der Waals surface area contributed by atoms with Gasteiger partial charge < -0.3 is 4.74 Å². The van der Waals surface area contributed by atoms with Crippen LogP contribution in [0.5, 0.6) is 5.19 Å². The smallest absolute Gasteiger partial charge is 0.273 e. The van der Waals surface area contributed by atoms with Gasteiger partial charge in [-0.05, 0) is 31.3 Å². The third-order valence-electron chi connectivity index (χ3n) is 2.07. The topological polar surface area (TPSA) is 34.5 Å². The summed E-state index contributed by atoms with van der Waals surface area (Å²) in [5.41, 5.74) is 2.67. The lowest BCUT2D eigenvalue weighted by atomic mass is 10.1. The Balaban J connectivity index is 2.31. The van der Waals surface area contributed by atoms with Gasteiger partial charge in [-0.3, -0.25) is 0 Å². The molecule has 2 aromatic rings. The molecule has 0 aliphatic carbocycles. The van der Waals surface area contributed by atoms with E-state index in [1.54, 1.807) is 0 Å². The standard InChI is InChI=1S/C12H10N2OS2/c1-2-15-12-14-11(7-17-12)9-4-3-5-10(6-9)13-8-16/h3-7H,2H2,1H3. The SMILES string of the molecule is CCOc1nc(-c2cccc(N=C=S)c2)cs1. The summed E-state index contributed by atoms with van der Waals surface area (Å²) >= 11 is 6.07. The van der Waals surface area contributed by atoms with Gasteiger partial charge in [0.25, 0.3) is 5.19 Å². The van der Waals surface area contributed by atoms with Crippen molar-refractivity contribution in [3.63, 3.8) is 0 Å². The molecule has 3 nitrogen and oxygen atoms in total. The molecule has 1 heterocycles. The Morgan fingerprint density at radius 2 is 2.41 bits per heavy atom. The van der Waals surface area contributed by atoms with Gasteiger partial charge in [-0.15, -0.1) is 0 Å². The van der Waals surface area contributed by atoms with Crippen LogP contribution in [0.25, 0.3) is 11.3 Å². The average Bonchev–Trinajstić information content (AvgIpc) is 2.79. The Labute approximate surface area is 109 Å². The molecule has 0 N–H and O–H groups in total. The molecule has 1 aromatic carbocycles. The maximum Gasteiger partial charge on any atom is 0.273 e. The van der Waals surface area contributed by atoms with Gasteiger partial charge in [0.2, 0.25) is 0 Å². The number of thiocarbonyl (C=S) groups is 1. The number of ether oxygens (including phenoxy) is 1. The molecule has 0 aliphatic heterocycles. The molecule has 0 spiro atoms. The van der Waals surface area contributed by atoms with Crippen LogP contribution in [0.2, 0.25) is 0 Å². The number of nitrogens with zero attached hydrogens (tertiary/aromatic N) is 2. The molecule has 0 aliphatic rings. The maximum absolute atomic E-state index is 5.34. The summed E-state index contributed by atoms with van der Waals surface area (Å²) in [5, 5.41) is 5.00. The van der Waals surface area contributed by atoms with Crippen molar-refractivity contribution in [2.24, 2.45) is 4.99 Å². The first-order chi connectivity index (χ1) is 8.33. The number of hydrogen-bond acceptors (Lipinski definition) is 5. The summed E-state index contributed by atoms with van der Waals surface area (Å²) in [4.78, 5) is 8.32. The molecule has 0 amide bonds. The van der Waals surface area contributed by atoms with Gasteiger partial charge in [-0.1, -0.05) is 23.5 Å². The largest absolute Gasteiger partial charge is 0.470 e. The molecule has 0 radical (unpaired) electrons. The fraction of sp³-hybridized carbons (Fsp3) is 0.167. The Hall–Kier alpha value is -1.55. The van der Waals surface area contributed by atoms with Crippen LogP contribution in [0.1, 0.15) is 6.92 Å². The van der Waals surface area contributed by atoms with Gasteiger partial charge in [0.05, 0.1) is 23.1 Å². The molecule has 86 valence electrons. The van der Waals surface area contributed by atoms with Gasteiger partial charge in [0.15, 0.2) is 0 Å². The quantitative estimate of drug-likeness (QED) is 0.618. The third-order valence-corrected chi connectivity index (χ3v) is 2.91. The summed E-state index contributed by atoms with van der Waals surface area (Å²) in [6.45, 7) is 2.57. The maximum atomic E-state index is 5.34. The lowest BCUT2D eigenvalue weighted by Gasteiger charge is -1.98. The van der Waals surface area contributed by atoms with E-state index in [9.17, 15) is 0 Å². The van der Waals surface area contributed by atoms with Crippen molar-refractivity contribution >= 4 is 34.4 Å². The highest BCUT2D eigenvalue weighted by Gasteiger charge is 2.05. The molecule has 1 aromatic heterocycles. The first-order valence-corrected chi connectivity index (χ1v) is 6.39. The van der Waals surface area contributed by atoms with E-state index < -0.39 is 0 Å². The minimum absolute atomic E-state index is 0.627. The van der Waals surface area contributed by atoms with Crippen LogP contribution in [0, 0.1) is 0 Å². The molecule has 0 fully saturated rings. The molecule has 5 heteroatoms. The van der Waals surface area contributed by atoms with Crippen LogP contribution in [-0.2, 0) is 0 Å². The number of thiazole rings is 1. The van der Waals surface area contributed by atoms with Crippen molar-refractivity contribution in [2.45, 2.75) is 6.92 Å². The number of hydrogen-bond donors (Lipinski definition) is 0. The normalized spacial score (nSPS) is 9.71. The van der Waals surface area contributed by atoms with Gasteiger partial charge in [-0.2, -0.15) is 4.99 Å². The minimum Gasteiger partial charge on any atom is -0.470 e. The van der Waals surface area contributed by atoms with Crippen molar-refractivity contribution in [3.8, 4) is 16.5 Å². The number of aromatic nitrogens is 1. The fourth-order valence-electron chi connectivity index (χ4n) is 1.37. The second-order valence-electron chi connectivity index (χ2n) is 3.19. The van der Waals surface area contributed by atoms with E-state index in [4.69, 9.17) is 4.74 Å². The molecule has 0 bridgehead atoms. The van der Waals surface area contributed by atoms with Gasteiger partial charge in [-0.25, -0.2) is 4.98 Å². The molecular weight excluding hydrogens is 252 g/mol. The van der Waals surface area contributed by atoms with E-state index in [1.807, 2.05) is 36.6 Å². The zero-order valence-electron chi connectivity index (χ0n) is 9.21. The van der Waals surface area contributed by atoms with Crippen molar-refractivity contribution in [3.05, 3.63) is 29.6 Å². The minimum atomic E-state index is 0.627. The number of aliphatic imine (C=N–C) groups is 1. The van der Waals surface area contributed by atoms with E-state index >= 15 is 0 Å². The summed E-state index contributed by atoms with van der Waals surface area (Å²) in [6.07, 6.45) is 0. The summed E-state index contributed by atoms with van der Waals surface area (Å²) in [7, 11) is 0. The van der Waals surface area contributed by atoms with Crippen LogP contribution in [0.15, 0.2) is 34.6 Å². The third kappa shape index (κ3) is 2.97. The Kier molecular flexibility index (Phi) is 3.98. The molecule has 0 saturated heterocycles. The Bertz CT molecular complexity index is 559. The Morgan fingerprint density at radius 1 is 1.53 bits per heavy atom. The van der Waals surface area contributed by atoms with Gasteiger partial charge in [0, 0.05) is 10.9 Å². The Morgan fingerprint density at radius 3 is 3.18 bits per heavy atom. The highest BCUT2D eigenvalue weighted by molar-refractivity contribution is 7.78. The second-order valence-corrected chi connectivity index (χ2v) is 4.19. The van der Waals surface area contributed by atoms with E-state index in [0.717, 1.165) is 16.9 Å². The van der Waals surface area contributed by atoms with E-state index in [2.05, 4.69) is 27.4 Å². The number of isothiocyanates is 1. The summed E-state index contributed by atoms with van der Waals surface area (Å²) in [6, 6.07) is 7.69. The molecule has 2 rings (SSSR count). The second kappa shape index (κ2) is 5.68. The predicted octanol–water partition coefficient (Wildman–Crippen LogP) is 3.94. The van der Waals surface area contributed by atoms with Crippen LogP contribution in [-0.4, -0.2) is 16.8 Å². The fourth-order valence-corrected chi connectivity index (χ4v) is 2.21. The lowest BCUT2D eigenvalue weighted by Crippen LogP contribution is -1.89. The van der Waals surface area contributed by atoms with Crippen LogP contribution >= 0.6 is 23.6 Å². The molecule has 0 saturated carbocycles. The van der Waals surface area contributed by atoms with Crippen LogP contribution < -0.4 is 4.74 Å². The zero-order chi connectivity index (χ0) is 12.1. The molecule has 17 heavy (non-hydrogen) atoms. The molecule has 0 unspecified atom stereocenters. The van der Waals surface area contributed by atoms with Crippen molar-refractivity contribution in [2.75, 3.05) is 6.61 Å². The van der Waals surface area contributed by atoms with E-state index in [-0.39, 0.29) is 0 Å². The number of rotatable bonds is 4. The monoisotopic (exact) mass is 262 g/mol. The van der Waals surface area contributed by atoms with Crippen molar-refractivity contribution in [1.82, 2.24) is 4.98 Å². The van der Waals surface area contributed by atoms with E-state index in [1.165, 1.54) is 11.3 Å². The lowest BCUT2D eigenvalue weighted by molar-refractivity contribution is 0.338. The summed E-state index contributed by atoms with van der Waals surface area (Å²) < 4.78 is 5.34. The van der Waals surface area contributed by atoms with Gasteiger partial charge >= 0.3 is 0 Å². The molecular formula is C12H10N2OS2. The first kappa shape index (κ1) is 11.9. The highest BCUT2D eigenvalue weighted by atomic mass is 32.1.